The fourth-order valence-corrected chi connectivity index (χ4v) is 7.12. The lowest BCUT2D eigenvalue weighted by atomic mass is 10.0. The van der Waals surface area contributed by atoms with E-state index in [0.717, 1.165) is 17.9 Å². The molecule has 0 bridgehead atoms. The first-order valence-corrected chi connectivity index (χ1v) is 21.7. The molecule has 2 aromatic carbocycles. The number of aromatic nitrogens is 6. The number of nitrogens with one attached hydrogen (secondary N) is 2. The summed E-state index contributed by atoms with van der Waals surface area (Å²) in [5.74, 6) is 0.911. The van der Waals surface area contributed by atoms with E-state index in [1.165, 1.54) is 12.4 Å². The zero-order valence-corrected chi connectivity index (χ0v) is 30.6. The summed E-state index contributed by atoms with van der Waals surface area (Å²) in [7, 11) is -4.95. The van der Waals surface area contributed by atoms with Crippen molar-refractivity contribution in [3.05, 3.63) is 101 Å². The zero-order valence-electron chi connectivity index (χ0n) is 28.8. The Hall–Kier alpha value is -5.30. The highest BCUT2D eigenvalue weighted by molar-refractivity contribution is 7.92. The normalized spacial score (nSPS) is 12.7. The number of nitriles is 1. The Kier molecular flexibility index (Phi) is 9.36. The number of rotatable bonds is 12. The smallest absolute Gasteiger partial charge is 0.282 e. The van der Waals surface area contributed by atoms with E-state index in [9.17, 15) is 18.5 Å². The summed E-state index contributed by atoms with van der Waals surface area (Å²) in [6.45, 7) is 11.5. The SMILES string of the molecule is Cc1ccn2nc(C(C)Nc3ncnc4c3c(-c3cc(C#N)cc(NS(C)(=O)=O)c3)cn4COCC[Si](C)(C)C)n(-c3ccccc3)c(=O)c12. The van der Waals surface area contributed by atoms with E-state index in [1.807, 2.05) is 61.0 Å². The third-order valence-electron chi connectivity index (χ3n) is 8.22. The fourth-order valence-electron chi connectivity index (χ4n) is 5.82. The second kappa shape index (κ2) is 13.5. The van der Waals surface area contributed by atoms with Gasteiger partial charge in [0, 0.05) is 32.6 Å². The molecule has 0 aliphatic rings. The number of sulfonamides is 1. The summed E-state index contributed by atoms with van der Waals surface area (Å²) < 4.78 is 38.0. The van der Waals surface area contributed by atoms with Gasteiger partial charge in [-0.05, 0) is 67.4 Å². The van der Waals surface area contributed by atoms with Gasteiger partial charge in [-0.2, -0.15) is 10.4 Å². The lowest BCUT2D eigenvalue weighted by Crippen LogP contribution is -2.29. The van der Waals surface area contributed by atoms with E-state index in [0.29, 0.717) is 51.6 Å². The average Bonchev–Trinajstić information content (AvgIpc) is 3.63. The van der Waals surface area contributed by atoms with Gasteiger partial charge in [0.05, 0.1) is 40.7 Å². The maximum atomic E-state index is 14.0. The summed E-state index contributed by atoms with van der Waals surface area (Å²) in [6, 6.07) is 18.6. The lowest BCUT2D eigenvalue weighted by Gasteiger charge is -2.20. The second-order valence-corrected chi connectivity index (χ2v) is 20.9. The standard InChI is InChI=1S/C35H39N9O4SSi/c1-23-12-13-43-31(23)35(45)44(28-10-8-7-9-11-28)33(40-43)24(2)39-32-30-29(26-16-25(19-36)17-27(18-26)41-49(3,46)47)20-42(34(30)38-21-37-32)22-48-14-15-50(4,5)6/h7-13,16-18,20-21,24,41H,14-15,22H2,1-6H3,(H,37,38,39). The van der Waals surface area contributed by atoms with Crippen molar-refractivity contribution in [1.82, 2.24) is 28.7 Å². The minimum absolute atomic E-state index is 0.202. The molecule has 2 N–H and O–H groups in total. The minimum Gasteiger partial charge on any atom is -0.361 e. The van der Waals surface area contributed by atoms with Gasteiger partial charge in [0.25, 0.3) is 5.56 Å². The number of hydrogen-bond acceptors (Lipinski definition) is 9. The average molecular weight is 710 g/mol. The molecular formula is C35H39N9O4SSi. The van der Waals surface area contributed by atoms with E-state index in [2.05, 4.69) is 45.7 Å². The molecule has 50 heavy (non-hydrogen) atoms. The van der Waals surface area contributed by atoms with Crippen LogP contribution in [0, 0.1) is 18.3 Å². The summed E-state index contributed by atoms with van der Waals surface area (Å²) in [4.78, 5) is 23.3. The molecule has 4 heterocycles. The first-order valence-electron chi connectivity index (χ1n) is 16.1. The first kappa shape index (κ1) is 34.6. The maximum Gasteiger partial charge on any atom is 0.282 e. The van der Waals surface area contributed by atoms with Gasteiger partial charge in [-0.1, -0.05) is 37.8 Å². The largest absolute Gasteiger partial charge is 0.361 e. The van der Waals surface area contributed by atoms with Crippen molar-refractivity contribution in [2.45, 2.75) is 52.3 Å². The van der Waals surface area contributed by atoms with Gasteiger partial charge in [-0.25, -0.2) is 22.9 Å². The topological polar surface area (TPSA) is 161 Å². The highest BCUT2D eigenvalue weighted by Gasteiger charge is 2.24. The Morgan fingerprint density at radius 3 is 2.54 bits per heavy atom. The van der Waals surface area contributed by atoms with Crippen LogP contribution < -0.4 is 15.6 Å². The van der Waals surface area contributed by atoms with Crippen molar-refractivity contribution in [3.8, 4) is 22.9 Å². The van der Waals surface area contributed by atoms with Crippen LogP contribution in [0.4, 0.5) is 11.5 Å². The van der Waals surface area contributed by atoms with Gasteiger partial charge in [-0.15, -0.1) is 0 Å². The summed E-state index contributed by atoms with van der Waals surface area (Å²) >= 11 is 0. The zero-order chi connectivity index (χ0) is 35.8. The van der Waals surface area contributed by atoms with E-state index < -0.39 is 24.1 Å². The second-order valence-electron chi connectivity index (χ2n) is 13.6. The van der Waals surface area contributed by atoms with Crippen molar-refractivity contribution >= 4 is 46.2 Å². The number of aryl methyl sites for hydroxylation is 1. The maximum absolute atomic E-state index is 14.0. The van der Waals surface area contributed by atoms with E-state index in [1.54, 1.807) is 27.4 Å². The molecule has 4 aromatic heterocycles. The quantitative estimate of drug-likeness (QED) is 0.116. The Balaban J connectivity index is 1.50. The first-order chi connectivity index (χ1) is 23.7. The van der Waals surface area contributed by atoms with Crippen molar-refractivity contribution in [2.24, 2.45) is 0 Å². The Morgan fingerprint density at radius 1 is 1.08 bits per heavy atom. The van der Waals surface area contributed by atoms with Crippen molar-refractivity contribution in [2.75, 3.05) is 22.9 Å². The molecule has 0 saturated carbocycles. The predicted octanol–water partition coefficient (Wildman–Crippen LogP) is 5.93. The molecule has 1 atom stereocenters. The lowest BCUT2D eigenvalue weighted by molar-refractivity contribution is 0.0899. The van der Waals surface area contributed by atoms with Crippen LogP contribution in [-0.4, -0.2) is 58.1 Å². The summed E-state index contributed by atoms with van der Waals surface area (Å²) in [5, 5.41) is 18.9. The van der Waals surface area contributed by atoms with Gasteiger partial charge in [0.2, 0.25) is 10.0 Å². The van der Waals surface area contributed by atoms with Crippen LogP contribution in [0.3, 0.4) is 0 Å². The molecule has 0 amide bonds. The minimum atomic E-state index is -3.62. The number of fused-ring (bicyclic) bond motifs is 2. The van der Waals surface area contributed by atoms with Crippen LogP contribution >= 0.6 is 0 Å². The molecular weight excluding hydrogens is 671 g/mol. The molecule has 15 heteroatoms. The summed E-state index contributed by atoms with van der Waals surface area (Å²) in [5.41, 5.74) is 4.10. The van der Waals surface area contributed by atoms with Crippen LogP contribution in [0.5, 0.6) is 0 Å². The molecule has 1 unspecified atom stereocenters. The molecule has 0 saturated heterocycles. The number of anilines is 2. The van der Waals surface area contributed by atoms with Gasteiger partial charge in [0.15, 0.2) is 5.82 Å². The van der Waals surface area contributed by atoms with Gasteiger partial charge in [0.1, 0.15) is 30.0 Å². The Morgan fingerprint density at radius 2 is 1.84 bits per heavy atom. The van der Waals surface area contributed by atoms with Gasteiger partial charge < -0.3 is 14.6 Å². The number of nitrogens with zero attached hydrogens (tertiary/aromatic N) is 7. The Labute approximate surface area is 291 Å². The van der Waals surface area contributed by atoms with Crippen molar-refractivity contribution in [3.63, 3.8) is 0 Å². The molecule has 6 rings (SSSR count). The van der Waals surface area contributed by atoms with E-state index in [-0.39, 0.29) is 23.5 Å². The number of ether oxygens (including phenoxy) is 1. The molecule has 0 aliphatic heterocycles. The van der Waals surface area contributed by atoms with Gasteiger partial charge in [-0.3, -0.25) is 14.1 Å². The highest BCUT2D eigenvalue weighted by atomic mass is 32.2. The van der Waals surface area contributed by atoms with Crippen molar-refractivity contribution < 1.29 is 13.2 Å². The van der Waals surface area contributed by atoms with Crippen LogP contribution in [-0.2, 0) is 21.5 Å². The Bertz CT molecular complexity index is 2420. The van der Waals surface area contributed by atoms with E-state index >= 15 is 0 Å². The molecule has 258 valence electrons. The summed E-state index contributed by atoms with van der Waals surface area (Å²) in [6.07, 6.45) is 6.16. The van der Waals surface area contributed by atoms with Crippen molar-refractivity contribution in [1.29, 1.82) is 5.26 Å². The fraction of sp³-hybridized carbons (Fsp3) is 0.286. The van der Waals surface area contributed by atoms with Crippen LogP contribution in [0.25, 0.3) is 33.4 Å². The number of para-hydroxylation sites is 1. The van der Waals surface area contributed by atoms with Gasteiger partial charge >= 0.3 is 0 Å². The number of hydrogen-bond donors (Lipinski definition) is 2. The monoisotopic (exact) mass is 709 g/mol. The molecule has 6 aromatic rings. The van der Waals surface area contributed by atoms with E-state index in [4.69, 9.17) is 9.84 Å². The third-order valence-corrected chi connectivity index (χ3v) is 10.5. The van der Waals surface area contributed by atoms with Crippen LogP contribution in [0.2, 0.25) is 25.7 Å². The molecule has 0 spiro atoms. The highest BCUT2D eigenvalue weighted by Crippen LogP contribution is 2.37. The molecule has 13 nitrogen and oxygen atoms in total. The number of benzene rings is 2. The third kappa shape index (κ3) is 7.32. The predicted molar refractivity (Wildman–Crippen MR) is 198 cm³/mol. The molecule has 0 fully saturated rings. The molecule has 0 radical (unpaired) electrons. The van der Waals surface area contributed by atoms with Crippen LogP contribution in [0.1, 0.15) is 29.9 Å². The molecule has 0 aliphatic carbocycles. The van der Waals surface area contributed by atoms with Crippen LogP contribution in [0.15, 0.2) is 78.1 Å².